The van der Waals surface area contributed by atoms with Crippen molar-refractivity contribution in [2.24, 2.45) is 23.7 Å². The minimum atomic E-state index is -1.18. The topological polar surface area (TPSA) is 91.0 Å². The second-order valence-corrected chi connectivity index (χ2v) is 13.6. The third-order valence-corrected chi connectivity index (χ3v) is 10.5. The van der Waals surface area contributed by atoms with Crippen LogP contribution >= 0.6 is 11.6 Å². The van der Waals surface area contributed by atoms with Crippen molar-refractivity contribution in [1.29, 1.82) is 0 Å². The molecule has 2 N–H and O–H groups in total. The third kappa shape index (κ3) is 5.80. The Bertz CT molecular complexity index is 1420. The van der Waals surface area contributed by atoms with Gasteiger partial charge >= 0.3 is 0 Å². The summed E-state index contributed by atoms with van der Waals surface area (Å²) in [4.78, 5) is 46.2. The normalized spacial score (nSPS) is 32.2. The third-order valence-electron chi connectivity index (χ3n) is 10.3. The van der Waals surface area contributed by atoms with Crippen LogP contribution in [0.25, 0.3) is 0 Å². The molecule has 4 aliphatic rings. The number of benzene rings is 2. The highest BCUT2D eigenvalue weighted by Gasteiger charge is 2.72. The predicted molar refractivity (Wildman–Crippen MR) is 171 cm³/mol. The van der Waals surface area contributed by atoms with Crippen LogP contribution in [-0.2, 0) is 25.7 Å². The summed E-state index contributed by atoms with van der Waals surface area (Å²) in [5.74, 6) is -1.37. The number of halogens is 1. The summed E-state index contributed by atoms with van der Waals surface area (Å²) in [6.45, 7) is 6.38. The van der Waals surface area contributed by atoms with E-state index in [1.54, 1.807) is 29.2 Å². The monoisotopic (exact) mass is 618 g/mol. The van der Waals surface area contributed by atoms with Crippen molar-refractivity contribution in [3.8, 4) is 0 Å². The van der Waals surface area contributed by atoms with Crippen LogP contribution in [0.2, 0.25) is 5.02 Å². The zero-order chi connectivity index (χ0) is 31.0. The minimum absolute atomic E-state index is 0.0418. The lowest BCUT2D eigenvalue weighted by Crippen LogP contribution is -2.58. The molecule has 2 saturated heterocycles. The number of hydrogen-bond acceptors (Lipinski definition) is 5. The molecule has 6 rings (SSSR count). The average Bonchev–Trinajstić information content (AvgIpc) is 3.63. The van der Waals surface area contributed by atoms with Crippen molar-refractivity contribution in [3.63, 3.8) is 0 Å². The van der Waals surface area contributed by atoms with E-state index in [4.69, 9.17) is 16.3 Å². The molecule has 2 aromatic rings. The summed E-state index contributed by atoms with van der Waals surface area (Å²) in [7, 11) is 2.06. The van der Waals surface area contributed by atoms with E-state index in [9.17, 15) is 14.4 Å². The lowest BCUT2D eigenvalue weighted by Gasteiger charge is -2.38. The van der Waals surface area contributed by atoms with Crippen molar-refractivity contribution >= 4 is 35.0 Å². The van der Waals surface area contributed by atoms with Crippen LogP contribution in [0.5, 0.6) is 0 Å². The Balaban J connectivity index is 1.23. The number of nitrogens with zero attached hydrogens (tertiary/aromatic N) is 2. The SMILES string of the molecule is C[C@H]1[C@H](C)CCC[C@@H]1NC(=O)[C@@H]1N(CCCN(C)Cc2ccccc2)C(=O)[C@@H]2[C@@H](C(=O)Nc3cccc(Cl)c3)[C@@H]3C=C[C@]21O3. The molecule has 44 heavy (non-hydrogen) atoms. The van der Waals surface area contributed by atoms with Crippen molar-refractivity contribution in [2.75, 3.05) is 25.5 Å². The highest BCUT2D eigenvalue weighted by molar-refractivity contribution is 6.30. The summed E-state index contributed by atoms with van der Waals surface area (Å²) in [6, 6.07) is 16.4. The number of fused-ring (bicyclic) bond motifs is 1. The molecular formula is C35H43ClN4O4. The quantitative estimate of drug-likeness (QED) is 0.370. The first-order valence-electron chi connectivity index (χ1n) is 15.9. The van der Waals surface area contributed by atoms with Gasteiger partial charge in [0, 0.05) is 29.8 Å². The molecule has 1 aliphatic carbocycles. The first kappa shape index (κ1) is 30.8. The number of anilines is 1. The molecule has 0 unspecified atom stereocenters. The molecule has 1 spiro atoms. The molecule has 2 bridgehead atoms. The van der Waals surface area contributed by atoms with Gasteiger partial charge in [-0.2, -0.15) is 0 Å². The molecule has 2 aromatic carbocycles. The number of nitrogens with one attached hydrogen (secondary N) is 2. The van der Waals surface area contributed by atoms with Gasteiger partial charge in [0.1, 0.15) is 11.6 Å². The number of likely N-dealkylation sites (tertiary alicyclic amines) is 1. The Labute approximate surface area is 265 Å². The van der Waals surface area contributed by atoms with E-state index < -0.39 is 29.6 Å². The smallest absolute Gasteiger partial charge is 0.246 e. The summed E-state index contributed by atoms with van der Waals surface area (Å²) in [5, 5.41) is 6.78. The average molecular weight is 619 g/mol. The Hall–Kier alpha value is -3.20. The van der Waals surface area contributed by atoms with E-state index >= 15 is 0 Å². The van der Waals surface area contributed by atoms with Crippen LogP contribution < -0.4 is 10.6 Å². The first-order valence-corrected chi connectivity index (χ1v) is 16.3. The van der Waals surface area contributed by atoms with E-state index in [0.29, 0.717) is 35.5 Å². The van der Waals surface area contributed by atoms with Gasteiger partial charge in [0.05, 0.1) is 17.9 Å². The standard InChI is InChI=1S/C35H43ClN4O4/c1-22-10-7-15-27(23(22)2)38-33(42)31-35-17-16-28(44-35)29(32(41)37-26-14-8-13-25(36)20-26)30(35)34(43)40(31)19-9-18-39(3)21-24-11-5-4-6-12-24/h4-6,8,11-14,16-17,20,22-23,27-31H,7,9-10,15,18-19,21H2,1-3H3,(H,37,41)(H,38,42)/t22-,23+,27+,28+,29+,30+,31+,35+/m1/s1. The number of hydrogen-bond donors (Lipinski definition) is 2. The van der Waals surface area contributed by atoms with Gasteiger partial charge in [0.2, 0.25) is 17.7 Å². The zero-order valence-electron chi connectivity index (χ0n) is 25.7. The number of amides is 3. The van der Waals surface area contributed by atoms with Crippen molar-refractivity contribution in [3.05, 3.63) is 77.3 Å². The van der Waals surface area contributed by atoms with Crippen molar-refractivity contribution in [1.82, 2.24) is 15.1 Å². The largest absolute Gasteiger partial charge is 0.359 e. The molecule has 0 aromatic heterocycles. The van der Waals surface area contributed by atoms with Gasteiger partial charge in [-0.15, -0.1) is 0 Å². The Kier molecular flexibility index (Phi) is 8.86. The highest BCUT2D eigenvalue weighted by Crippen LogP contribution is 2.55. The molecule has 8 atom stereocenters. The fraction of sp³-hybridized carbons (Fsp3) is 0.514. The van der Waals surface area contributed by atoms with E-state index in [-0.39, 0.29) is 23.8 Å². The van der Waals surface area contributed by atoms with Crippen LogP contribution in [0.3, 0.4) is 0 Å². The fourth-order valence-corrected chi connectivity index (χ4v) is 8.02. The molecule has 3 aliphatic heterocycles. The lowest BCUT2D eigenvalue weighted by atomic mass is 9.73. The highest BCUT2D eigenvalue weighted by atomic mass is 35.5. The van der Waals surface area contributed by atoms with Gasteiger partial charge in [-0.05, 0) is 62.0 Å². The fourth-order valence-electron chi connectivity index (χ4n) is 7.83. The lowest BCUT2D eigenvalue weighted by molar-refractivity contribution is -0.141. The Morgan fingerprint density at radius 2 is 1.89 bits per heavy atom. The Morgan fingerprint density at radius 1 is 1.09 bits per heavy atom. The van der Waals surface area contributed by atoms with Gasteiger partial charge in [-0.3, -0.25) is 14.4 Å². The summed E-state index contributed by atoms with van der Waals surface area (Å²) < 4.78 is 6.53. The first-order chi connectivity index (χ1) is 21.2. The van der Waals surface area contributed by atoms with Crippen LogP contribution in [-0.4, -0.2) is 71.4 Å². The minimum Gasteiger partial charge on any atom is -0.359 e. The van der Waals surface area contributed by atoms with Crippen molar-refractivity contribution < 1.29 is 19.1 Å². The molecule has 0 radical (unpaired) electrons. The molecule has 3 amide bonds. The second-order valence-electron chi connectivity index (χ2n) is 13.2. The maximum atomic E-state index is 14.3. The maximum Gasteiger partial charge on any atom is 0.246 e. The van der Waals surface area contributed by atoms with E-state index in [0.717, 1.165) is 32.4 Å². The number of rotatable bonds is 10. The molecule has 3 heterocycles. The van der Waals surface area contributed by atoms with Gasteiger partial charge in [-0.1, -0.05) is 86.8 Å². The summed E-state index contributed by atoms with van der Waals surface area (Å²) in [6.07, 6.45) is 6.98. The number of carbonyl (C=O) groups excluding carboxylic acids is 3. The molecule has 8 nitrogen and oxygen atoms in total. The number of carbonyl (C=O) groups is 3. The van der Waals surface area contributed by atoms with Crippen LogP contribution in [0.1, 0.15) is 45.1 Å². The second kappa shape index (κ2) is 12.7. The molecule has 234 valence electrons. The van der Waals surface area contributed by atoms with E-state index in [2.05, 4.69) is 48.6 Å². The van der Waals surface area contributed by atoms with Crippen LogP contribution in [0, 0.1) is 23.7 Å². The molecule has 1 saturated carbocycles. The molecule has 9 heteroatoms. The van der Waals surface area contributed by atoms with Gasteiger partial charge in [-0.25, -0.2) is 0 Å². The van der Waals surface area contributed by atoms with Gasteiger partial charge in [0.25, 0.3) is 0 Å². The zero-order valence-corrected chi connectivity index (χ0v) is 26.5. The van der Waals surface area contributed by atoms with Crippen molar-refractivity contribution in [2.45, 2.75) is 69.9 Å². The van der Waals surface area contributed by atoms with Gasteiger partial charge in [0.15, 0.2) is 0 Å². The van der Waals surface area contributed by atoms with Crippen LogP contribution in [0.15, 0.2) is 66.7 Å². The van der Waals surface area contributed by atoms with E-state index in [1.807, 2.05) is 30.4 Å². The van der Waals surface area contributed by atoms with Crippen LogP contribution in [0.4, 0.5) is 5.69 Å². The molecule has 3 fully saturated rings. The summed E-state index contributed by atoms with van der Waals surface area (Å²) >= 11 is 6.15. The van der Waals surface area contributed by atoms with E-state index in [1.165, 1.54) is 5.56 Å². The maximum absolute atomic E-state index is 14.3. The predicted octanol–water partition coefficient (Wildman–Crippen LogP) is 4.89. The number of ether oxygens (including phenoxy) is 1. The summed E-state index contributed by atoms with van der Waals surface area (Å²) in [5.41, 5.74) is 0.598. The Morgan fingerprint density at radius 3 is 2.66 bits per heavy atom. The van der Waals surface area contributed by atoms with Gasteiger partial charge < -0.3 is 25.2 Å². The molecular weight excluding hydrogens is 576 g/mol.